The summed E-state index contributed by atoms with van der Waals surface area (Å²) >= 11 is 4.66. The minimum atomic E-state index is 0.214. The maximum Gasteiger partial charge on any atom is 0.0748 e. The van der Waals surface area contributed by atoms with Gasteiger partial charge in [-0.2, -0.15) is 12.6 Å². The zero-order valence-corrected chi connectivity index (χ0v) is 12.9. The van der Waals surface area contributed by atoms with Crippen LogP contribution in [0, 0.1) is 0 Å². The smallest absolute Gasteiger partial charge is 0.0748 e. The third-order valence-corrected chi connectivity index (χ3v) is 4.36. The molecule has 0 N–H and O–H groups in total. The standard InChI is InChI=1S/C18H21NS/c1-13(20)16-12-15-10-6-3-7-11-17(15)19-18(16)14-8-4-2-5-9-14/h2,4-5,8-9,12-13,20H,3,6-7,10-11H2,1H3. The molecule has 1 heterocycles. The van der Waals surface area contributed by atoms with Gasteiger partial charge in [0.1, 0.15) is 0 Å². The van der Waals surface area contributed by atoms with Crippen molar-refractivity contribution in [3.05, 3.63) is 53.2 Å². The van der Waals surface area contributed by atoms with Crippen LogP contribution in [0.3, 0.4) is 0 Å². The second-order valence-electron chi connectivity index (χ2n) is 5.63. The molecule has 1 nitrogen and oxygen atoms in total. The van der Waals surface area contributed by atoms with Crippen LogP contribution in [0.5, 0.6) is 0 Å². The van der Waals surface area contributed by atoms with Gasteiger partial charge in [-0.05, 0) is 43.7 Å². The molecule has 1 aromatic carbocycles. The quantitative estimate of drug-likeness (QED) is 0.604. The van der Waals surface area contributed by atoms with Crippen LogP contribution in [-0.4, -0.2) is 4.98 Å². The van der Waals surface area contributed by atoms with E-state index >= 15 is 0 Å². The number of hydrogen-bond donors (Lipinski definition) is 1. The Morgan fingerprint density at radius 3 is 2.55 bits per heavy atom. The van der Waals surface area contributed by atoms with Crippen LogP contribution in [0.15, 0.2) is 36.4 Å². The topological polar surface area (TPSA) is 12.9 Å². The summed E-state index contributed by atoms with van der Waals surface area (Å²) in [5.74, 6) is 0. The molecule has 0 saturated carbocycles. The summed E-state index contributed by atoms with van der Waals surface area (Å²) in [6.45, 7) is 2.13. The Morgan fingerprint density at radius 2 is 1.80 bits per heavy atom. The van der Waals surface area contributed by atoms with Crippen molar-refractivity contribution in [3.8, 4) is 11.3 Å². The van der Waals surface area contributed by atoms with Gasteiger partial charge in [-0.3, -0.25) is 4.98 Å². The molecule has 2 aromatic rings. The van der Waals surface area contributed by atoms with E-state index < -0.39 is 0 Å². The molecule has 0 bridgehead atoms. The van der Waals surface area contributed by atoms with E-state index in [-0.39, 0.29) is 5.25 Å². The third kappa shape index (κ3) is 2.76. The fraction of sp³-hybridized carbons (Fsp3) is 0.389. The summed E-state index contributed by atoms with van der Waals surface area (Å²) in [6, 6.07) is 12.9. The molecule has 3 rings (SSSR count). The average molecular weight is 283 g/mol. The molecule has 1 aliphatic carbocycles. The van der Waals surface area contributed by atoms with E-state index in [9.17, 15) is 0 Å². The molecule has 0 amide bonds. The van der Waals surface area contributed by atoms with Crippen LogP contribution in [0.25, 0.3) is 11.3 Å². The van der Waals surface area contributed by atoms with E-state index in [0.29, 0.717) is 0 Å². The Kier molecular flexibility index (Phi) is 4.11. The van der Waals surface area contributed by atoms with E-state index in [0.717, 1.165) is 12.1 Å². The van der Waals surface area contributed by atoms with E-state index in [1.165, 1.54) is 48.1 Å². The predicted octanol–water partition coefficient (Wildman–Crippen LogP) is 5.01. The van der Waals surface area contributed by atoms with Crippen molar-refractivity contribution in [2.75, 3.05) is 0 Å². The van der Waals surface area contributed by atoms with Gasteiger partial charge in [0.05, 0.1) is 5.69 Å². The first-order valence-corrected chi connectivity index (χ1v) is 8.03. The Bertz CT molecular complexity index is 590. The molecule has 0 fully saturated rings. The van der Waals surface area contributed by atoms with Gasteiger partial charge >= 0.3 is 0 Å². The number of fused-ring (bicyclic) bond motifs is 1. The van der Waals surface area contributed by atoms with Crippen molar-refractivity contribution >= 4 is 12.6 Å². The van der Waals surface area contributed by atoms with Crippen LogP contribution < -0.4 is 0 Å². The van der Waals surface area contributed by atoms with Gasteiger partial charge in [0, 0.05) is 16.5 Å². The van der Waals surface area contributed by atoms with Crippen LogP contribution >= 0.6 is 12.6 Å². The molecule has 0 radical (unpaired) electrons. The summed E-state index contributed by atoms with van der Waals surface area (Å²) in [6.07, 6.45) is 6.17. The summed E-state index contributed by atoms with van der Waals surface area (Å²) in [7, 11) is 0. The van der Waals surface area contributed by atoms with Crippen LogP contribution in [0.1, 0.15) is 48.3 Å². The van der Waals surface area contributed by atoms with Gasteiger partial charge in [-0.15, -0.1) is 0 Å². The largest absolute Gasteiger partial charge is 0.252 e. The van der Waals surface area contributed by atoms with Gasteiger partial charge in [0.15, 0.2) is 0 Å². The Balaban J connectivity index is 2.15. The first kappa shape index (κ1) is 13.7. The molecule has 0 spiro atoms. The summed E-state index contributed by atoms with van der Waals surface area (Å²) in [5, 5.41) is 0.214. The molecule has 1 aliphatic rings. The fourth-order valence-electron chi connectivity index (χ4n) is 2.97. The first-order valence-electron chi connectivity index (χ1n) is 7.52. The molecule has 1 atom stereocenters. The molecule has 20 heavy (non-hydrogen) atoms. The van der Waals surface area contributed by atoms with Crippen LogP contribution in [0.2, 0.25) is 0 Å². The van der Waals surface area contributed by atoms with Crippen molar-refractivity contribution in [1.82, 2.24) is 4.98 Å². The third-order valence-electron chi connectivity index (χ3n) is 4.08. The highest BCUT2D eigenvalue weighted by atomic mass is 32.1. The second-order valence-corrected chi connectivity index (χ2v) is 6.41. The number of aromatic nitrogens is 1. The molecule has 1 unspecified atom stereocenters. The summed E-state index contributed by atoms with van der Waals surface area (Å²) < 4.78 is 0. The zero-order valence-electron chi connectivity index (χ0n) is 12.0. The monoisotopic (exact) mass is 283 g/mol. The molecule has 2 heteroatoms. The Morgan fingerprint density at radius 1 is 1.05 bits per heavy atom. The number of aryl methyl sites for hydroxylation is 2. The van der Waals surface area contributed by atoms with E-state index in [1.807, 2.05) is 0 Å². The number of hydrogen-bond acceptors (Lipinski definition) is 2. The van der Waals surface area contributed by atoms with Gasteiger partial charge in [-0.1, -0.05) is 42.8 Å². The highest BCUT2D eigenvalue weighted by Gasteiger charge is 2.17. The molecule has 104 valence electrons. The van der Waals surface area contributed by atoms with Crippen molar-refractivity contribution < 1.29 is 0 Å². The summed E-state index contributed by atoms with van der Waals surface area (Å²) in [5.41, 5.74) is 6.33. The normalized spacial score (nSPS) is 16.3. The zero-order chi connectivity index (χ0) is 13.9. The van der Waals surface area contributed by atoms with Crippen LogP contribution in [0.4, 0.5) is 0 Å². The number of benzene rings is 1. The van der Waals surface area contributed by atoms with Crippen LogP contribution in [-0.2, 0) is 12.8 Å². The average Bonchev–Trinajstić information content (AvgIpc) is 2.71. The van der Waals surface area contributed by atoms with Gasteiger partial charge < -0.3 is 0 Å². The van der Waals surface area contributed by atoms with E-state index in [4.69, 9.17) is 4.98 Å². The lowest BCUT2D eigenvalue weighted by Crippen LogP contribution is -2.03. The number of thiol groups is 1. The SMILES string of the molecule is CC(S)c1cc2c(nc1-c1ccccc1)CCCCC2. The van der Waals surface area contributed by atoms with Gasteiger partial charge in [0.2, 0.25) is 0 Å². The Hall–Kier alpha value is -1.28. The molecular weight excluding hydrogens is 262 g/mol. The number of rotatable bonds is 2. The maximum absolute atomic E-state index is 5.02. The highest BCUT2D eigenvalue weighted by Crippen LogP contribution is 2.33. The summed E-state index contributed by atoms with van der Waals surface area (Å²) in [4.78, 5) is 5.02. The lowest BCUT2D eigenvalue weighted by Gasteiger charge is -2.16. The molecule has 0 aliphatic heterocycles. The number of nitrogens with zero attached hydrogens (tertiary/aromatic N) is 1. The Labute approximate surface area is 126 Å². The predicted molar refractivity (Wildman–Crippen MR) is 88.3 cm³/mol. The fourth-order valence-corrected chi connectivity index (χ4v) is 3.17. The number of pyridine rings is 1. The molecular formula is C18H21NS. The van der Waals surface area contributed by atoms with E-state index in [2.05, 4.69) is 56.0 Å². The van der Waals surface area contributed by atoms with Crippen molar-refractivity contribution in [2.45, 2.75) is 44.3 Å². The minimum Gasteiger partial charge on any atom is -0.252 e. The first-order chi connectivity index (χ1) is 9.75. The second kappa shape index (κ2) is 6.01. The highest BCUT2D eigenvalue weighted by molar-refractivity contribution is 7.80. The van der Waals surface area contributed by atoms with Gasteiger partial charge in [0.25, 0.3) is 0 Å². The van der Waals surface area contributed by atoms with Crippen molar-refractivity contribution in [3.63, 3.8) is 0 Å². The lowest BCUT2D eigenvalue weighted by atomic mass is 9.98. The van der Waals surface area contributed by atoms with E-state index in [1.54, 1.807) is 0 Å². The maximum atomic E-state index is 5.02. The van der Waals surface area contributed by atoms with Gasteiger partial charge in [-0.25, -0.2) is 0 Å². The molecule has 0 saturated heterocycles. The van der Waals surface area contributed by atoms with Crippen molar-refractivity contribution in [1.29, 1.82) is 0 Å². The lowest BCUT2D eigenvalue weighted by molar-refractivity contribution is 0.709. The van der Waals surface area contributed by atoms with Crippen molar-refractivity contribution in [2.24, 2.45) is 0 Å². The molecule has 1 aromatic heterocycles. The minimum absolute atomic E-state index is 0.214.